The average Bonchev–Trinajstić information content (AvgIpc) is 2.39. The van der Waals surface area contributed by atoms with Crippen molar-refractivity contribution in [2.24, 2.45) is 0 Å². The second-order valence-electron chi connectivity index (χ2n) is 6.26. The van der Waals surface area contributed by atoms with Crippen LogP contribution in [0.1, 0.15) is 33.1 Å². The first-order valence-corrected chi connectivity index (χ1v) is 7.83. The first-order valence-electron chi connectivity index (χ1n) is 7.83. The van der Waals surface area contributed by atoms with Gasteiger partial charge in [-0.3, -0.25) is 14.5 Å². The van der Waals surface area contributed by atoms with Crippen molar-refractivity contribution < 1.29 is 9.59 Å². The van der Waals surface area contributed by atoms with Gasteiger partial charge in [-0.2, -0.15) is 0 Å². The van der Waals surface area contributed by atoms with Gasteiger partial charge in [-0.25, -0.2) is 0 Å². The number of amides is 2. The highest BCUT2D eigenvalue weighted by atomic mass is 16.2. The molecule has 1 aliphatic rings. The summed E-state index contributed by atoms with van der Waals surface area (Å²) in [5.41, 5.74) is 0. The fraction of sp³-hybridized carbons (Fsp3) is 0.867. The van der Waals surface area contributed by atoms with Gasteiger partial charge < -0.3 is 15.5 Å². The van der Waals surface area contributed by atoms with Gasteiger partial charge >= 0.3 is 0 Å². The van der Waals surface area contributed by atoms with Crippen molar-refractivity contribution in [1.29, 1.82) is 0 Å². The summed E-state index contributed by atoms with van der Waals surface area (Å²) in [5, 5.41) is 6.33. The van der Waals surface area contributed by atoms with Gasteiger partial charge in [0, 0.05) is 52.2 Å². The van der Waals surface area contributed by atoms with Gasteiger partial charge in [0.1, 0.15) is 0 Å². The van der Waals surface area contributed by atoms with Crippen molar-refractivity contribution in [2.45, 2.75) is 45.2 Å². The van der Waals surface area contributed by atoms with E-state index in [1.807, 2.05) is 13.8 Å². The zero-order valence-electron chi connectivity index (χ0n) is 13.8. The number of carbonyl (C=O) groups excluding carboxylic acids is 2. The minimum Gasteiger partial charge on any atom is -0.354 e. The summed E-state index contributed by atoms with van der Waals surface area (Å²) >= 11 is 0. The summed E-state index contributed by atoms with van der Waals surface area (Å²) in [4.78, 5) is 27.0. The lowest BCUT2D eigenvalue weighted by Gasteiger charge is -2.32. The van der Waals surface area contributed by atoms with Crippen LogP contribution in [-0.4, -0.2) is 74.0 Å². The minimum absolute atomic E-state index is 0.103. The van der Waals surface area contributed by atoms with Crippen molar-refractivity contribution in [3.8, 4) is 0 Å². The largest absolute Gasteiger partial charge is 0.354 e. The first kappa shape index (κ1) is 17.9. The van der Waals surface area contributed by atoms with Gasteiger partial charge in [-0.15, -0.1) is 0 Å². The third kappa shape index (κ3) is 7.43. The van der Waals surface area contributed by atoms with E-state index in [1.165, 1.54) is 0 Å². The zero-order valence-corrected chi connectivity index (χ0v) is 13.8. The summed E-state index contributed by atoms with van der Waals surface area (Å²) in [6.45, 7) is 7.05. The Bertz CT molecular complexity index is 337. The predicted octanol–water partition coefficient (Wildman–Crippen LogP) is 0.0433. The number of rotatable bonds is 7. The molecule has 1 fully saturated rings. The fourth-order valence-electron chi connectivity index (χ4n) is 2.41. The summed E-state index contributed by atoms with van der Waals surface area (Å²) in [6.07, 6.45) is 2.59. The molecule has 1 rings (SSSR count). The van der Waals surface area contributed by atoms with E-state index in [2.05, 4.69) is 15.5 Å². The second kappa shape index (κ2) is 9.00. The average molecular weight is 298 g/mol. The van der Waals surface area contributed by atoms with Crippen LogP contribution in [0, 0.1) is 0 Å². The van der Waals surface area contributed by atoms with Gasteiger partial charge in [0.05, 0.1) is 6.54 Å². The number of likely N-dealkylation sites (tertiary alicyclic amines) is 1. The number of piperidine rings is 1. The quantitative estimate of drug-likeness (QED) is 0.697. The van der Waals surface area contributed by atoms with Crippen LogP contribution in [0.5, 0.6) is 0 Å². The molecule has 0 radical (unpaired) electrons. The molecule has 0 aromatic rings. The Labute approximate surface area is 128 Å². The van der Waals surface area contributed by atoms with Crippen molar-refractivity contribution in [3.63, 3.8) is 0 Å². The standard InChI is InChI=1S/C15H30N4O2/c1-12(2)17-14(20)5-8-16-13-6-9-19(10-7-13)11-15(21)18(3)4/h12-13,16H,5-11H2,1-4H3,(H,17,20). The fourth-order valence-corrected chi connectivity index (χ4v) is 2.41. The Hall–Kier alpha value is -1.14. The molecule has 6 nitrogen and oxygen atoms in total. The maximum atomic E-state index is 11.7. The Morgan fingerprint density at radius 1 is 1.24 bits per heavy atom. The molecule has 0 atom stereocenters. The summed E-state index contributed by atoms with van der Waals surface area (Å²) < 4.78 is 0. The number of hydrogen-bond donors (Lipinski definition) is 2. The SMILES string of the molecule is CC(C)NC(=O)CCNC1CCN(CC(=O)N(C)C)CC1. The molecule has 21 heavy (non-hydrogen) atoms. The molecule has 0 aromatic carbocycles. The van der Waals surface area contributed by atoms with Crippen molar-refractivity contribution in [2.75, 3.05) is 40.3 Å². The second-order valence-corrected chi connectivity index (χ2v) is 6.26. The lowest BCUT2D eigenvalue weighted by Crippen LogP contribution is -2.46. The third-order valence-electron chi connectivity index (χ3n) is 3.68. The van der Waals surface area contributed by atoms with E-state index in [4.69, 9.17) is 0 Å². The van der Waals surface area contributed by atoms with Crippen LogP contribution in [0.15, 0.2) is 0 Å². The normalized spacial score (nSPS) is 17.0. The van der Waals surface area contributed by atoms with Crippen LogP contribution in [0.4, 0.5) is 0 Å². The predicted molar refractivity (Wildman–Crippen MR) is 84.1 cm³/mol. The maximum absolute atomic E-state index is 11.7. The van der Waals surface area contributed by atoms with Crippen LogP contribution in [0.2, 0.25) is 0 Å². The molecular weight excluding hydrogens is 268 g/mol. The van der Waals surface area contributed by atoms with Gasteiger partial charge in [0.2, 0.25) is 11.8 Å². The Morgan fingerprint density at radius 3 is 2.38 bits per heavy atom. The lowest BCUT2D eigenvalue weighted by molar-refractivity contribution is -0.130. The van der Waals surface area contributed by atoms with Crippen LogP contribution >= 0.6 is 0 Å². The highest BCUT2D eigenvalue weighted by Gasteiger charge is 2.21. The molecule has 122 valence electrons. The molecule has 0 unspecified atom stereocenters. The number of carbonyl (C=O) groups is 2. The van der Waals surface area contributed by atoms with E-state index in [0.29, 0.717) is 19.0 Å². The van der Waals surface area contributed by atoms with Gasteiger partial charge in [0.15, 0.2) is 0 Å². The molecule has 0 saturated carbocycles. The van der Waals surface area contributed by atoms with Crippen molar-refractivity contribution in [3.05, 3.63) is 0 Å². The molecule has 1 aliphatic heterocycles. The smallest absolute Gasteiger partial charge is 0.236 e. The molecule has 0 aromatic heterocycles. The van der Waals surface area contributed by atoms with Crippen molar-refractivity contribution >= 4 is 11.8 Å². The molecular formula is C15H30N4O2. The van der Waals surface area contributed by atoms with E-state index in [-0.39, 0.29) is 17.9 Å². The van der Waals surface area contributed by atoms with Crippen LogP contribution in [-0.2, 0) is 9.59 Å². The van der Waals surface area contributed by atoms with E-state index in [1.54, 1.807) is 19.0 Å². The number of likely N-dealkylation sites (N-methyl/N-ethyl adjacent to an activating group) is 1. The van der Waals surface area contributed by atoms with E-state index >= 15 is 0 Å². The Morgan fingerprint density at radius 2 is 1.86 bits per heavy atom. The molecule has 0 bridgehead atoms. The highest BCUT2D eigenvalue weighted by molar-refractivity contribution is 5.77. The topological polar surface area (TPSA) is 64.7 Å². The monoisotopic (exact) mass is 298 g/mol. The highest BCUT2D eigenvalue weighted by Crippen LogP contribution is 2.10. The van der Waals surface area contributed by atoms with Crippen LogP contribution in [0.25, 0.3) is 0 Å². The van der Waals surface area contributed by atoms with Gasteiger partial charge in [-0.1, -0.05) is 0 Å². The number of nitrogens with one attached hydrogen (secondary N) is 2. The zero-order chi connectivity index (χ0) is 15.8. The third-order valence-corrected chi connectivity index (χ3v) is 3.68. The van der Waals surface area contributed by atoms with E-state index < -0.39 is 0 Å². The first-order chi connectivity index (χ1) is 9.88. The van der Waals surface area contributed by atoms with E-state index in [0.717, 1.165) is 32.5 Å². The Kier molecular flexibility index (Phi) is 7.67. The molecule has 0 spiro atoms. The molecule has 0 aliphatic carbocycles. The molecule has 1 heterocycles. The van der Waals surface area contributed by atoms with Crippen molar-refractivity contribution in [1.82, 2.24) is 20.4 Å². The minimum atomic E-state index is 0.103. The summed E-state index contributed by atoms with van der Waals surface area (Å²) in [6, 6.07) is 0.664. The van der Waals surface area contributed by atoms with Crippen LogP contribution < -0.4 is 10.6 Å². The number of nitrogens with zero attached hydrogens (tertiary/aromatic N) is 2. The number of hydrogen-bond acceptors (Lipinski definition) is 4. The maximum Gasteiger partial charge on any atom is 0.236 e. The summed E-state index contributed by atoms with van der Waals surface area (Å²) in [5.74, 6) is 0.262. The molecule has 1 saturated heterocycles. The molecule has 2 amide bonds. The van der Waals surface area contributed by atoms with Gasteiger partial charge in [0.25, 0.3) is 0 Å². The molecule has 6 heteroatoms. The van der Waals surface area contributed by atoms with Crippen LogP contribution in [0.3, 0.4) is 0 Å². The molecule has 2 N–H and O–H groups in total. The Balaban J connectivity index is 2.13. The van der Waals surface area contributed by atoms with E-state index in [9.17, 15) is 9.59 Å². The lowest BCUT2D eigenvalue weighted by atomic mass is 10.0. The summed E-state index contributed by atoms with van der Waals surface area (Å²) in [7, 11) is 3.58. The van der Waals surface area contributed by atoms with Gasteiger partial charge in [-0.05, 0) is 26.7 Å².